The molecule has 0 saturated heterocycles. The first kappa shape index (κ1) is 21.5. The Kier molecular flexibility index (Phi) is 6.21. The SMILES string of the molecule is Cc1ccc(S(=O)(=O)Nc2cc(OCC(F)(F)F)cc(Oc3ccccc3)c2)cc1. The van der Waals surface area contributed by atoms with Gasteiger partial charge in [0.1, 0.15) is 17.2 Å². The van der Waals surface area contributed by atoms with Crippen molar-refractivity contribution >= 4 is 15.7 Å². The molecule has 0 heterocycles. The lowest BCUT2D eigenvalue weighted by Crippen LogP contribution is -2.19. The van der Waals surface area contributed by atoms with Crippen molar-refractivity contribution in [1.82, 2.24) is 0 Å². The third-order valence-electron chi connectivity index (χ3n) is 3.84. The summed E-state index contributed by atoms with van der Waals surface area (Å²) >= 11 is 0. The summed E-state index contributed by atoms with van der Waals surface area (Å²) in [6.07, 6.45) is -4.54. The second-order valence-electron chi connectivity index (χ2n) is 6.43. The number of benzene rings is 3. The summed E-state index contributed by atoms with van der Waals surface area (Å²) in [5.41, 5.74) is 0.885. The first-order valence-corrected chi connectivity index (χ1v) is 10.3. The molecule has 0 spiro atoms. The van der Waals surface area contributed by atoms with Crippen molar-refractivity contribution in [2.45, 2.75) is 18.0 Å². The molecule has 0 saturated carbocycles. The standard InChI is InChI=1S/C21H18F3NO4S/c1-15-7-9-20(10-8-15)30(26,27)25-16-11-18(28-14-21(22,23)24)13-19(12-16)29-17-5-3-2-4-6-17/h2-13,25H,14H2,1H3. The molecule has 0 aromatic heterocycles. The van der Waals surface area contributed by atoms with Crippen LogP contribution in [0.3, 0.4) is 0 Å². The summed E-state index contributed by atoms with van der Waals surface area (Å²) in [6.45, 7) is 0.296. The number of ether oxygens (including phenoxy) is 2. The van der Waals surface area contributed by atoms with Gasteiger partial charge >= 0.3 is 6.18 Å². The average Bonchev–Trinajstić information content (AvgIpc) is 2.66. The number of para-hydroxylation sites is 1. The van der Waals surface area contributed by atoms with Crippen molar-refractivity contribution in [2.24, 2.45) is 0 Å². The van der Waals surface area contributed by atoms with E-state index >= 15 is 0 Å². The van der Waals surface area contributed by atoms with Gasteiger partial charge in [0.25, 0.3) is 10.0 Å². The van der Waals surface area contributed by atoms with Gasteiger partial charge in [-0.25, -0.2) is 8.42 Å². The fourth-order valence-electron chi connectivity index (χ4n) is 2.49. The van der Waals surface area contributed by atoms with E-state index in [1.807, 2.05) is 6.92 Å². The normalized spacial score (nSPS) is 11.7. The molecule has 1 N–H and O–H groups in total. The molecule has 158 valence electrons. The second-order valence-corrected chi connectivity index (χ2v) is 8.11. The van der Waals surface area contributed by atoms with Gasteiger partial charge in [0.05, 0.1) is 10.6 Å². The molecule has 0 bridgehead atoms. The van der Waals surface area contributed by atoms with E-state index in [1.54, 1.807) is 42.5 Å². The zero-order valence-electron chi connectivity index (χ0n) is 15.8. The highest BCUT2D eigenvalue weighted by molar-refractivity contribution is 7.92. The van der Waals surface area contributed by atoms with Crippen LogP contribution >= 0.6 is 0 Å². The van der Waals surface area contributed by atoms with Crippen LogP contribution in [-0.2, 0) is 10.0 Å². The van der Waals surface area contributed by atoms with Crippen molar-refractivity contribution in [3.05, 3.63) is 78.4 Å². The number of hydrogen-bond donors (Lipinski definition) is 1. The van der Waals surface area contributed by atoms with Crippen LogP contribution in [0.5, 0.6) is 17.2 Å². The highest BCUT2D eigenvalue weighted by Gasteiger charge is 2.28. The fraction of sp³-hybridized carbons (Fsp3) is 0.143. The fourth-order valence-corrected chi connectivity index (χ4v) is 3.53. The second kappa shape index (κ2) is 8.66. The van der Waals surface area contributed by atoms with Crippen molar-refractivity contribution in [1.29, 1.82) is 0 Å². The van der Waals surface area contributed by atoms with E-state index in [-0.39, 0.29) is 22.1 Å². The lowest BCUT2D eigenvalue weighted by atomic mass is 10.2. The Morgan fingerprint density at radius 1 is 0.867 bits per heavy atom. The van der Waals surface area contributed by atoms with Gasteiger partial charge in [-0.1, -0.05) is 35.9 Å². The lowest BCUT2D eigenvalue weighted by Gasteiger charge is -2.15. The van der Waals surface area contributed by atoms with Gasteiger partial charge in [-0.05, 0) is 31.2 Å². The number of alkyl halides is 3. The Hall–Kier alpha value is -3.20. The molecule has 0 amide bonds. The molecule has 0 aliphatic heterocycles. The van der Waals surface area contributed by atoms with Crippen LogP contribution in [0.4, 0.5) is 18.9 Å². The van der Waals surface area contributed by atoms with E-state index in [4.69, 9.17) is 9.47 Å². The van der Waals surface area contributed by atoms with Gasteiger partial charge in [-0.3, -0.25) is 4.72 Å². The predicted octanol–water partition coefficient (Wildman–Crippen LogP) is 5.53. The maximum Gasteiger partial charge on any atom is 0.422 e. The average molecular weight is 437 g/mol. The van der Waals surface area contributed by atoms with E-state index in [0.717, 1.165) is 11.6 Å². The van der Waals surface area contributed by atoms with E-state index in [2.05, 4.69) is 4.72 Å². The molecular weight excluding hydrogens is 419 g/mol. The molecule has 5 nitrogen and oxygen atoms in total. The van der Waals surface area contributed by atoms with Gasteiger partial charge in [-0.2, -0.15) is 13.2 Å². The summed E-state index contributed by atoms with van der Waals surface area (Å²) in [5.74, 6) is 0.350. The number of nitrogens with one attached hydrogen (secondary N) is 1. The molecular formula is C21H18F3NO4S. The summed E-state index contributed by atoms with van der Waals surface area (Å²) < 4.78 is 75.7. The Labute approximate surface area is 172 Å². The maximum absolute atomic E-state index is 12.6. The molecule has 30 heavy (non-hydrogen) atoms. The molecule has 0 radical (unpaired) electrons. The Bertz CT molecular complexity index is 1100. The first-order valence-electron chi connectivity index (χ1n) is 8.78. The van der Waals surface area contributed by atoms with E-state index < -0.39 is 22.8 Å². The summed E-state index contributed by atoms with van der Waals surface area (Å²) in [4.78, 5) is 0.0141. The third-order valence-corrected chi connectivity index (χ3v) is 5.24. The topological polar surface area (TPSA) is 64.6 Å². The third kappa shape index (κ3) is 6.15. The Morgan fingerprint density at radius 2 is 1.50 bits per heavy atom. The van der Waals surface area contributed by atoms with Crippen molar-refractivity contribution < 1.29 is 31.1 Å². The van der Waals surface area contributed by atoms with Crippen molar-refractivity contribution in [3.8, 4) is 17.2 Å². The molecule has 3 aromatic carbocycles. The number of rotatable bonds is 7. The monoisotopic (exact) mass is 437 g/mol. The van der Waals surface area contributed by atoms with Crippen LogP contribution in [0.25, 0.3) is 0 Å². The largest absolute Gasteiger partial charge is 0.484 e. The van der Waals surface area contributed by atoms with Crippen LogP contribution in [0, 0.1) is 6.92 Å². The molecule has 0 aliphatic rings. The van der Waals surface area contributed by atoms with E-state index in [1.165, 1.54) is 24.3 Å². The minimum absolute atomic E-state index is 0.00109. The van der Waals surface area contributed by atoms with Crippen LogP contribution in [0.2, 0.25) is 0 Å². The molecule has 0 aliphatic carbocycles. The Morgan fingerprint density at radius 3 is 2.13 bits per heavy atom. The van der Waals surface area contributed by atoms with Crippen LogP contribution in [0.1, 0.15) is 5.56 Å². The van der Waals surface area contributed by atoms with Gasteiger partial charge in [-0.15, -0.1) is 0 Å². The summed E-state index contributed by atoms with van der Waals surface area (Å²) in [7, 11) is -3.96. The van der Waals surface area contributed by atoms with Gasteiger partial charge in [0.2, 0.25) is 0 Å². The van der Waals surface area contributed by atoms with Crippen molar-refractivity contribution in [3.63, 3.8) is 0 Å². The molecule has 9 heteroatoms. The Balaban J connectivity index is 1.91. The molecule has 0 atom stereocenters. The predicted molar refractivity (Wildman–Crippen MR) is 106 cm³/mol. The smallest absolute Gasteiger partial charge is 0.422 e. The molecule has 0 unspecified atom stereocenters. The summed E-state index contributed by atoms with van der Waals surface area (Å²) in [5, 5.41) is 0. The van der Waals surface area contributed by atoms with Crippen LogP contribution in [-0.4, -0.2) is 21.2 Å². The van der Waals surface area contributed by atoms with Gasteiger partial charge in [0, 0.05) is 18.2 Å². The van der Waals surface area contributed by atoms with E-state index in [9.17, 15) is 21.6 Å². The highest BCUT2D eigenvalue weighted by atomic mass is 32.2. The van der Waals surface area contributed by atoms with Crippen molar-refractivity contribution in [2.75, 3.05) is 11.3 Å². The van der Waals surface area contributed by atoms with E-state index in [0.29, 0.717) is 5.75 Å². The minimum Gasteiger partial charge on any atom is -0.484 e. The number of sulfonamides is 1. The number of hydrogen-bond acceptors (Lipinski definition) is 4. The summed E-state index contributed by atoms with van der Waals surface area (Å²) in [6, 6.07) is 18.4. The number of anilines is 1. The van der Waals surface area contributed by atoms with Crippen LogP contribution < -0.4 is 14.2 Å². The zero-order valence-corrected chi connectivity index (χ0v) is 16.6. The maximum atomic E-state index is 12.6. The highest BCUT2D eigenvalue weighted by Crippen LogP contribution is 2.32. The lowest BCUT2D eigenvalue weighted by molar-refractivity contribution is -0.153. The zero-order chi connectivity index (χ0) is 21.8. The number of halogens is 3. The molecule has 3 aromatic rings. The number of aryl methyl sites for hydroxylation is 1. The first-order chi connectivity index (χ1) is 14.1. The van der Waals surface area contributed by atoms with Crippen LogP contribution in [0.15, 0.2) is 77.7 Å². The van der Waals surface area contributed by atoms with Gasteiger partial charge < -0.3 is 9.47 Å². The minimum atomic E-state index is -4.54. The quantitative estimate of drug-likeness (QED) is 0.528. The van der Waals surface area contributed by atoms with Gasteiger partial charge in [0.15, 0.2) is 6.61 Å². The molecule has 0 fully saturated rings. The molecule has 3 rings (SSSR count).